The van der Waals surface area contributed by atoms with Gasteiger partial charge in [-0.25, -0.2) is 4.79 Å². The number of benzene rings is 1. The van der Waals surface area contributed by atoms with Crippen molar-refractivity contribution in [3.8, 4) is 0 Å². The minimum absolute atomic E-state index is 0.101. The van der Waals surface area contributed by atoms with Crippen LogP contribution in [0.1, 0.15) is 44.6 Å². The zero-order chi connectivity index (χ0) is 18.3. The van der Waals surface area contributed by atoms with E-state index in [0.717, 1.165) is 56.4 Å². The fourth-order valence-corrected chi connectivity index (χ4v) is 5.23. The van der Waals surface area contributed by atoms with Gasteiger partial charge in [0.25, 0.3) is 0 Å². The SMILES string of the molecule is CCN(C(=O)O)[C@H]1CCN(C2CCC3(CC2)C(=O)Nc2ccccc23)C1. The third-order valence-corrected chi connectivity index (χ3v) is 6.67. The van der Waals surface area contributed by atoms with Crippen molar-refractivity contribution >= 4 is 17.7 Å². The molecular formula is C20H27N3O3. The maximum absolute atomic E-state index is 12.7. The van der Waals surface area contributed by atoms with Crippen LogP contribution in [0.4, 0.5) is 10.5 Å². The van der Waals surface area contributed by atoms with Crippen molar-refractivity contribution in [1.82, 2.24) is 9.80 Å². The van der Waals surface area contributed by atoms with Crippen LogP contribution in [0.5, 0.6) is 0 Å². The number of anilines is 1. The average Bonchev–Trinajstić information content (AvgIpc) is 3.21. The molecule has 1 saturated heterocycles. The lowest BCUT2D eigenvalue weighted by Crippen LogP contribution is -2.46. The maximum atomic E-state index is 12.7. The lowest BCUT2D eigenvalue weighted by Gasteiger charge is -2.39. The largest absolute Gasteiger partial charge is 0.465 e. The van der Waals surface area contributed by atoms with Crippen LogP contribution in [0.25, 0.3) is 0 Å². The number of nitrogens with zero attached hydrogens (tertiary/aromatic N) is 2. The second kappa shape index (κ2) is 6.58. The highest BCUT2D eigenvalue weighted by Gasteiger charge is 2.49. The summed E-state index contributed by atoms with van der Waals surface area (Å²) in [6, 6.07) is 8.62. The highest BCUT2D eigenvalue weighted by Crippen LogP contribution is 2.48. The van der Waals surface area contributed by atoms with Gasteiger partial charge in [-0.2, -0.15) is 0 Å². The summed E-state index contributed by atoms with van der Waals surface area (Å²) in [4.78, 5) is 28.1. The van der Waals surface area contributed by atoms with Gasteiger partial charge in [0, 0.05) is 37.4 Å². The van der Waals surface area contributed by atoms with Crippen molar-refractivity contribution in [2.24, 2.45) is 0 Å². The fourth-order valence-electron chi connectivity index (χ4n) is 5.23. The smallest absolute Gasteiger partial charge is 0.407 e. The van der Waals surface area contributed by atoms with Gasteiger partial charge in [-0.3, -0.25) is 9.69 Å². The fraction of sp³-hybridized carbons (Fsp3) is 0.600. The third-order valence-electron chi connectivity index (χ3n) is 6.67. The Labute approximate surface area is 154 Å². The summed E-state index contributed by atoms with van der Waals surface area (Å²) >= 11 is 0. The summed E-state index contributed by atoms with van der Waals surface area (Å²) in [7, 11) is 0. The Morgan fingerprint density at radius 1 is 1.31 bits per heavy atom. The Balaban J connectivity index is 1.42. The van der Waals surface area contributed by atoms with Crippen LogP contribution in [0, 0.1) is 0 Å². The first-order valence-corrected chi connectivity index (χ1v) is 9.70. The van der Waals surface area contributed by atoms with Crippen molar-refractivity contribution in [1.29, 1.82) is 0 Å². The van der Waals surface area contributed by atoms with Crippen LogP contribution >= 0.6 is 0 Å². The number of rotatable bonds is 3. The number of para-hydroxylation sites is 1. The molecule has 1 atom stereocenters. The topological polar surface area (TPSA) is 72.9 Å². The number of amides is 2. The number of hydrogen-bond acceptors (Lipinski definition) is 3. The first kappa shape index (κ1) is 17.3. The second-order valence-corrected chi connectivity index (χ2v) is 7.82. The molecule has 1 aliphatic carbocycles. The Hall–Kier alpha value is -2.08. The number of hydrogen-bond donors (Lipinski definition) is 2. The molecule has 1 spiro atoms. The number of carbonyl (C=O) groups excluding carboxylic acids is 1. The van der Waals surface area contributed by atoms with Crippen LogP contribution in [0.3, 0.4) is 0 Å². The Morgan fingerprint density at radius 3 is 2.73 bits per heavy atom. The van der Waals surface area contributed by atoms with Gasteiger partial charge in [0.2, 0.25) is 5.91 Å². The Kier molecular flexibility index (Phi) is 4.39. The monoisotopic (exact) mass is 357 g/mol. The van der Waals surface area contributed by atoms with E-state index in [2.05, 4.69) is 16.3 Å². The first-order chi connectivity index (χ1) is 12.5. The van der Waals surface area contributed by atoms with Crippen LogP contribution in [0.2, 0.25) is 0 Å². The molecule has 2 aliphatic heterocycles. The summed E-state index contributed by atoms with van der Waals surface area (Å²) in [6.07, 6.45) is 3.82. The highest BCUT2D eigenvalue weighted by molar-refractivity contribution is 6.06. The van der Waals surface area contributed by atoms with E-state index in [1.165, 1.54) is 0 Å². The van der Waals surface area contributed by atoms with Gasteiger partial charge < -0.3 is 15.3 Å². The number of carboxylic acid groups (broad SMARTS) is 1. The van der Waals surface area contributed by atoms with E-state index in [0.29, 0.717) is 12.6 Å². The van der Waals surface area contributed by atoms with E-state index in [1.807, 2.05) is 25.1 Å². The summed E-state index contributed by atoms with van der Waals surface area (Å²) in [5, 5.41) is 12.4. The zero-order valence-electron chi connectivity index (χ0n) is 15.3. The lowest BCUT2D eigenvalue weighted by molar-refractivity contribution is -0.122. The van der Waals surface area contributed by atoms with Crippen LogP contribution in [-0.4, -0.2) is 58.6 Å². The van der Waals surface area contributed by atoms with Gasteiger partial charge in [0.1, 0.15) is 0 Å². The summed E-state index contributed by atoms with van der Waals surface area (Å²) in [6.45, 7) is 4.21. The third kappa shape index (κ3) is 2.67. The quantitative estimate of drug-likeness (QED) is 0.872. The maximum Gasteiger partial charge on any atom is 0.407 e. The standard InChI is InChI=1S/C20H27N3O3/c1-2-23(19(25)26)15-9-12-22(13-15)14-7-10-20(11-8-14)16-5-3-4-6-17(16)21-18(20)24/h3-6,14-15H,2,7-13H2,1H3,(H,21,24)(H,25,26)/t14?,15-,20?/m0/s1. The molecule has 1 saturated carbocycles. The molecule has 1 aromatic carbocycles. The molecule has 2 heterocycles. The van der Waals surface area contributed by atoms with E-state index >= 15 is 0 Å². The second-order valence-electron chi connectivity index (χ2n) is 7.82. The zero-order valence-corrected chi connectivity index (χ0v) is 15.3. The van der Waals surface area contributed by atoms with E-state index in [1.54, 1.807) is 4.90 Å². The number of likely N-dealkylation sites (tertiary alicyclic amines) is 1. The van der Waals surface area contributed by atoms with Gasteiger partial charge in [-0.15, -0.1) is 0 Å². The van der Waals surface area contributed by atoms with Crippen molar-refractivity contribution in [2.45, 2.75) is 56.5 Å². The number of fused-ring (bicyclic) bond motifs is 2. The molecule has 4 rings (SSSR count). The van der Waals surface area contributed by atoms with Crippen molar-refractivity contribution in [3.05, 3.63) is 29.8 Å². The van der Waals surface area contributed by atoms with Gasteiger partial charge in [-0.05, 0) is 50.7 Å². The molecule has 0 radical (unpaired) electrons. The van der Waals surface area contributed by atoms with Gasteiger partial charge in [-0.1, -0.05) is 18.2 Å². The number of likely N-dealkylation sites (N-methyl/N-ethyl adjacent to an activating group) is 1. The minimum Gasteiger partial charge on any atom is -0.465 e. The molecule has 0 unspecified atom stereocenters. The minimum atomic E-state index is -0.818. The molecule has 3 aliphatic rings. The molecule has 0 aromatic heterocycles. The van der Waals surface area contributed by atoms with Gasteiger partial charge in [0.15, 0.2) is 0 Å². The van der Waals surface area contributed by atoms with Crippen molar-refractivity contribution in [3.63, 3.8) is 0 Å². The highest BCUT2D eigenvalue weighted by atomic mass is 16.4. The Bertz CT molecular complexity index is 712. The summed E-state index contributed by atoms with van der Waals surface area (Å²) in [5.41, 5.74) is 1.77. The molecular weight excluding hydrogens is 330 g/mol. The van der Waals surface area contributed by atoms with Crippen molar-refractivity contribution < 1.29 is 14.7 Å². The molecule has 6 heteroatoms. The first-order valence-electron chi connectivity index (χ1n) is 9.70. The Morgan fingerprint density at radius 2 is 2.04 bits per heavy atom. The van der Waals surface area contributed by atoms with Crippen molar-refractivity contribution in [2.75, 3.05) is 25.0 Å². The molecule has 0 bridgehead atoms. The van der Waals surface area contributed by atoms with E-state index in [4.69, 9.17) is 0 Å². The van der Waals surface area contributed by atoms with E-state index < -0.39 is 6.09 Å². The molecule has 2 N–H and O–H groups in total. The molecule has 6 nitrogen and oxygen atoms in total. The summed E-state index contributed by atoms with van der Waals surface area (Å²) < 4.78 is 0. The molecule has 140 valence electrons. The van der Waals surface area contributed by atoms with Crippen LogP contribution in [0.15, 0.2) is 24.3 Å². The van der Waals surface area contributed by atoms with Crippen LogP contribution in [-0.2, 0) is 10.2 Å². The predicted molar refractivity (Wildman–Crippen MR) is 99.4 cm³/mol. The number of carbonyl (C=O) groups is 2. The van der Waals surface area contributed by atoms with Gasteiger partial charge in [0.05, 0.1) is 5.41 Å². The summed E-state index contributed by atoms with van der Waals surface area (Å²) in [5.74, 6) is 0.152. The average molecular weight is 357 g/mol. The molecule has 2 amide bonds. The molecule has 2 fully saturated rings. The van der Waals surface area contributed by atoms with E-state index in [-0.39, 0.29) is 17.4 Å². The predicted octanol–water partition coefficient (Wildman–Crippen LogP) is 2.89. The van der Waals surface area contributed by atoms with Crippen LogP contribution < -0.4 is 5.32 Å². The molecule has 26 heavy (non-hydrogen) atoms. The molecule has 1 aromatic rings. The van der Waals surface area contributed by atoms with Gasteiger partial charge >= 0.3 is 6.09 Å². The lowest BCUT2D eigenvalue weighted by atomic mass is 9.68. The number of nitrogens with one attached hydrogen (secondary N) is 1. The van der Waals surface area contributed by atoms with E-state index in [9.17, 15) is 14.7 Å². The normalized spacial score (nSPS) is 31.0.